The number of aryl methyl sites for hydroxylation is 1. The number of carbonyl (C=O) groups is 1. The van der Waals surface area contributed by atoms with Crippen molar-refractivity contribution in [2.45, 2.75) is 19.4 Å². The van der Waals surface area contributed by atoms with Gasteiger partial charge in [-0.15, -0.1) is 0 Å². The number of nitrogens with zero attached hydrogens (tertiary/aromatic N) is 2. The number of rotatable bonds is 6. The number of thioether (sulfide) groups is 1. The van der Waals surface area contributed by atoms with Crippen LogP contribution in [0.4, 0.5) is 11.5 Å². The number of anilines is 2. The number of morpholine rings is 1. The molecule has 0 bridgehead atoms. The van der Waals surface area contributed by atoms with Crippen molar-refractivity contribution in [3.8, 4) is 0 Å². The number of amides is 1. The third kappa shape index (κ3) is 4.59. The molecule has 7 heteroatoms. The second-order valence-corrected chi connectivity index (χ2v) is 6.26. The molecule has 1 amide bonds. The van der Waals surface area contributed by atoms with E-state index < -0.39 is 6.04 Å². The molecule has 3 N–H and O–H groups in total. The molecule has 1 aliphatic rings. The molecule has 2 heterocycles. The van der Waals surface area contributed by atoms with Crippen molar-refractivity contribution in [2.75, 3.05) is 48.5 Å². The zero-order chi connectivity index (χ0) is 15.9. The first-order chi connectivity index (χ1) is 10.6. The number of aromatic nitrogens is 1. The molecule has 0 radical (unpaired) electrons. The van der Waals surface area contributed by atoms with Gasteiger partial charge in [-0.2, -0.15) is 11.8 Å². The maximum Gasteiger partial charge on any atom is 0.241 e. The van der Waals surface area contributed by atoms with E-state index in [-0.39, 0.29) is 5.91 Å². The number of hydrogen-bond acceptors (Lipinski definition) is 6. The average molecular weight is 324 g/mol. The third-order valence-corrected chi connectivity index (χ3v) is 4.28. The Kier molecular flexibility index (Phi) is 6.48. The zero-order valence-corrected chi connectivity index (χ0v) is 14.0. The number of nitrogens with two attached hydrogens (primary N) is 1. The highest BCUT2D eigenvalue weighted by Gasteiger charge is 2.16. The maximum absolute atomic E-state index is 12.1. The minimum Gasteiger partial charge on any atom is -0.378 e. The first-order valence-electron chi connectivity index (χ1n) is 7.47. The predicted octanol–water partition coefficient (Wildman–Crippen LogP) is 1.25. The first kappa shape index (κ1) is 17.1. The van der Waals surface area contributed by atoms with Gasteiger partial charge in [0.05, 0.1) is 30.6 Å². The second-order valence-electron chi connectivity index (χ2n) is 5.28. The molecule has 1 aromatic heterocycles. The number of hydrogen-bond donors (Lipinski definition) is 2. The highest BCUT2D eigenvalue weighted by molar-refractivity contribution is 7.98. The van der Waals surface area contributed by atoms with Crippen LogP contribution in [0.15, 0.2) is 12.1 Å². The summed E-state index contributed by atoms with van der Waals surface area (Å²) in [5, 5.41) is 2.87. The summed E-state index contributed by atoms with van der Waals surface area (Å²) >= 11 is 1.69. The lowest BCUT2D eigenvalue weighted by atomic mass is 10.2. The normalized spacial score (nSPS) is 16.4. The SMILES string of the molecule is CSCCC(N)C(=O)Nc1ccc(N2CCOCC2)nc1C. The van der Waals surface area contributed by atoms with E-state index in [9.17, 15) is 4.79 Å². The number of ether oxygens (including phenoxy) is 1. The lowest BCUT2D eigenvalue weighted by Gasteiger charge is -2.28. The summed E-state index contributed by atoms with van der Waals surface area (Å²) in [7, 11) is 0. The van der Waals surface area contributed by atoms with Crippen LogP contribution in [-0.2, 0) is 9.53 Å². The van der Waals surface area contributed by atoms with Gasteiger partial charge in [0.25, 0.3) is 0 Å². The highest BCUT2D eigenvalue weighted by atomic mass is 32.2. The van der Waals surface area contributed by atoms with Crippen molar-refractivity contribution in [2.24, 2.45) is 5.73 Å². The smallest absolute Gasteiger partial charge is 0.241 e. The summed E-state index contributed by atoms with van der Waals surface area (Å²) in [5.74, 6) is 1.64. The molecule has 1 aromatic rings. The van der Waals surface area contributed by atoms with Crippen LogP contribution in [0.25, 0.3) is 0 Å². The molecule has 2 rings (SSSR count). The van der Waals surface area contributed by atoms with E-state index >= 15 is 0 Å². The van der Waals surface area contributed by atoms with Crippen molar-refractivity contribution in [1.82, 2.24) is 4.98 Å². The molecular weight excluding hydrogens is 300 g/mol. The Morgan fingerprint density at radius 2 is 2.23 bits per heavy atom. The fraction of sp³-hybridized carbons (Fsp3) is 0.600. The molecule has 0 aliphatic carbocycles. The van der Waals surface area contributed by atoms with Gasteiger partial charge < -0.3 is 20.7 Å². The highest BCUT2D eigenvalue weighted by Crippen LogP contribution is 2.19. The predicted molar refractivity (Wildman–Crippen MR) is 91.6 cm³/mol. The molecule has 122 valence electrons. The third-order valence-electron chi connectivity index (χ3n) is 3.63. The van der Waals surface area contributed by atoms with Crippen molar-refractivity contribution >= 4 is 29.2 Å². The molecule has 1 fully saturated rings. The Labute approximate surface area is 135 Å². The summed E-state index contributed by atoms with van der Waals surface area (Å²) in [6, 6.07) is 3.35. The van der Waals surface area contributed by atoms with E-state index in [1.54, 1.807) is 11.8 Å². The van der Waals surface area contributed by atoms with Crippen molar-refractivity contribution in [1.29, 1.82) is 0 Å². The van der Waals surface area contributed by atoms with E-state index in [1.807, 2.05) is 25.3 Å². The topological polar surface area (TPSA) is 80.5 Å². The van der Waals surface area contributed by atoms with E-state index in [0.29, 0.717) is 6.42 Å². The molecule has 1 aliphatic heterocycles. The lowest BCUT2D eigenvalue weighted by molar-refractivity contribution is -0.117. The van der Waals surface area contributed by atoms with Crippen molar-refractivity contribution in [3.05, 3.63) is 17.8 Å². The molecule has 0 spiro atoms. The minimum absolute atomic E-state index is 0.155. The Balaban J connectivity index is 1.98. The van der Waals surface area contributed by atoms with E-state index in [2.05, 4.69) is 15.2 Å². The van der Waals surface area contributed by atoms with Crippen LogP contribution < -0.4 is 16.0 Å². The summed E-state index contributed by atoms with van der Waals surface area (Å²) in [6.07, 6.45) is 2.67. The fourth-order valence-electron chi connectivity index (χ4n) is 2.25. The van der Waals surface area contributed by atoms with Gasteiger partial charge in [-0.25, -0.2) is 4.98 Å². The van der Waals surface area contributed by atoms with Crippen molar-refractivity contribution in [3.63, 3.8) is 0 Å². The number of nitrogens with one attached hydrogen (secondary N) is 1. The van der Waals surface area contributed by atoms with E-state index in [1.165, 1.54) is 0 Å². The van der Waals surface area contributed by atoms with E-state index in [0.717, 1.165) is 49.3 Å². The van der Waals surface area contributed by atoms with Gasteiger partial charge in [0, 0.05) is 13.1 Å². The summed E-state index contributed by atoms with van der Waals surface area (Å²) < 4.78 is 5.34. The van der Waals surface area contributed by atoms with Gasteiger partial charge >= 0.3 is 0 Å². The van der Waals surface area contributed by atoms with Crippen LogP contribution in [0, 0.1) is 6.92 Å². The Morgan fingerprint density at radius 1 is 1.50 bits per heavy atom. The Bertz CT molecular complexity index is 506. The quantitative estimate of drug-likeness (QED) is 0.820. The standard InChI is InChI=1S/C15H24N4O2S/c1-11-13(18-15(20)12(16)5-10-22-2)3-4-14(17-11)19-6-8-21-9-7-19/h3-4,12H,5-10,16H2,1-2H3,(H,18,20). The van der Waals surface area contributed by atoms with Crippen LogP contribution in [0.1, 0.15) is 12.1 Å². The maximum atomic E-state index is 12.1. The Hall–Kier alpha value is -1.31. The van der Waals surface area contributed by atoms with Crippen molar-refractivity contribution < 1.29 is 9.53 Å². The zero-order valence-electron chi connectivity index (χ0n) is 13.2. The van der Waals surface area contributed by atoms with Gasteiger partial charge in [-0.1, -0.05) is 0 Å². The van der Waals surface area contributed by atoms with Crippen LogP contribution in [0.2, 0.25) is 0 Å². The number of pyridine rings is 1. The molecule has 22 heavy (non-hydrogen) atoms. The van der Waals surface area contributed by atoms with Gasteiger partial charge in [-0.05, 0) is 37.5 Å². The van der Waals surface area contributed by atoms with Crippen LogP contribution in [0.3, 0.4) is 0 Å². The van der Waals surface area contributed by atoms with Gasteiger partial charge in [0.1, 0.15) is 5.82 Å². The Morgan fingerprint density at radius 3 is 2.86 bits per heavy atom. The molecule has 0 saturated carbocycles. The van der Waals surface area contributed by atoms with Crippen LogP contribution in [0.5, 0.6) is 0 Å². The molecule has 1 unspecified atom stereocenters. The number of carbonyl (C=O) groups excluding carboxylic acids is 1. The largest absolute Gasteiger partial charge is 0.378 e. The van der Waals surface area contributed by atoms with Crippen LogP contribution >= 0.6 is 11.8 Å². The monoisotopic (exact) mass is 324 g/mol. The van der Waals surface area contributed by atoms with Gasteiger partial charge in [0.2, 0.25) is 5.91 Å². The van der Waals surface area contributed by atoms with Gasteiger partial charge in [-0.3, -0.25) is 4.79 Å². The van der Waals surface area contributed by atoms with E-state index in [4.69, 9.17) is 10.5 Å². The molecule has 1 atom stereocenters. The molecule has 6 nitrogen and oxygen atoms in total. The van der Waals surface area contributed by atoms with Crippen LogP contribution in [-0.4, -0.2) is 55.2 Å². The molecular formula is C15H24N4O2S. The molecule has 0 aromatic carbocycles. The minimum atomic E-state index is -0.481. The fourth-order valence-corrected chi connectivity index (χ4v) is 2.74. The molecule has 1 saturated heterocycles. The second kappa shape index (κ2) is 8.36. The summed E-state index contributed by atoms with van der Waals surface area (Å²) in [5.41, 5.74) is 7.40. The average Bonchev–Trinajstić information content (AvgIpc) is 2.55. The first-order valence-corrected chi connectivity index (χ1v) is 8.87. The van der Waals surface area contributed by atoms with Gasteiger partial charge in [0.15, 0.2) is 0 Å². The lowest BCUT2D eigenvalue weighted by Crippen LogP contribution is -2.37. The summed E-state index contributed by atoms with van der Waals surface area (Å²) in [6.45, 7) is 5.04. The summed E-state index contributed by atoms with van der Waals surface area (Å²) in [4.78, 5) is 18.8.